The van der Waals surface area contributed by atoms with Crippen LogP contribution in [0.3, 0.4) is 0 Å². The number of ether oxygens (including phenoxy) is 1. The molecular formula is C15H20O2. The molecule has 0 N–H and O–H groups in total. The minimum atomic E-state index is -0.303. The van der Waals surface area contributed by atoms with E-state index in [1.54, 1.807) is 0 Å². The van der Waals surface area contributed by atoms with Crippen LogP contribution in [0.4, 0.5) is 0 Å². The van der Waals surface area contributed by atoms with Gasteiger partial charge in [-0.15, -0.1) is 0 Å². The Balaban J connectivity index is 2.62. The van der Waals surface area contributed by atoms with Crippen molar-refractivity contribution in [2.75, 3.05) is 7.11 Å². The van der Waals surface area contributed by atoms with E-state index in [0.717, 1.165) is 32.1 Å². The average Bonchev–Trinajstić information content (AvgIpc) is 2.79. The number of allylic oxidation sites excluding steroid dienone is 3. The molecule has 0 atom stereocenters. The van der Waals surface area contributed by atoms with Gasteiger partial charge in [-0.1, -0.05) is 31.3 Å². The van der Waals surface area contributed by atoms with Crippen molar-refractivity contribution in [1.29, 1.82) is 0 Å². The van der Waals surface area contributed by atoms with Crippen LogP contribution in [0, 0.1) is 11.8 Å². The maximum Gasteiger partial charge on any atom is 0.330 e. The molecule has 0 amide bonds. The molecule has 2 nitrogen and oxygen atoms in total. The Labute approximate surface area is 104 Å². The van der Waals surface area contributed by atoms with Crippen LogP contribution in [0.25, 0.3) is 0 Å². The van der Waals surface area contributed by atoms with Gasteiger partial charge < -0.3 is 4.74 Å². The minimum absolute atomic E-state index is 0.303. The Hall–Kier alpha value is -1.49. The van der Waals surface area contributed by atoms with Gasteiger partial charge in [0, 0.05) is 18.1 Å². The van der Waals surface area contributed by atoms with Crippen molar-refractivity contribution in [2.24, 2.45) is 0 Å². The predicted octanol–water partition coefficient (Wildman–Crippen LogP) is 3.39. The third-order valence-corrected chi connectivity index (χ3v) is 2.78. The molecule has 0 aromatic heterocycles. The summed E-state index contributed by atoms with van der Waals surface area (Å²) < 4.78 is 4.57. The standard InChI is InChI=1S/C15H20O2/c1-3-4-5-6-8-13-9-7-10-14(13)11-12-15(16)17-2/h11-12H,3-5,7,9-10H2,1-2H3/b12-11+. The lowest BCUT2D eigenvalue weighted by molar-refractivity contribution is -0.134. The molecule has 0 saturated heterocycles. The Morgan fingerprint density at radius 1 is 1.47 bits per heavy atom. The zero-order valence-corrected chi connectivity index (χ0v) is 10.7. The van der Waals surface area contributed by atoms with Crippen LogP contribution >= 0.6 is 0 Å². The van der Waals surface area contributed by atoms with Gasteiger partial charge in [0.1, 0.15) is 0 Å². The lowest BCUT2D eigenvalue weighted by Gasteiger charge is -1.94. The largest absolute Gasteiger partial charge is 0.466 e. The highest BCUT2D eigenvalue weighted by atomic mass is 16.5. The molecular weight excluding hydrogens is 212 g/mol. The van der Waals surface area contributed by atoms with E-state index >= 15 is 0 Å². The van der Waals surface area contributed by atoms with Crippen LogP contribution in [0.1, 0.15) is 45.4 Å². The Kier molecular flexibility index (Phi) is 6.17. The van der Waals surface area contributed by atoms with Crippen LogP contribution in [-0.4, -0.2) is 13.1 Å². The molecule has 0 fully saturated rings. The maximum atomic E-state index is 11.0. The van der Waals surface area contributed by atoms with Crippen molar-refractivity contribution in [3.05, 3.63) is 23.3 Å². The zero-order chi connectivity index (χ0) is 12.5. The number of esters is 1. The number of hydrogen-bond donors (Lipinski definition) is 0. The van der Waals surface area contributed by atoms with E-state index in [0.29, 0.717) is 0 Å². The highest BCUT2D eigenvalue weighted by Gasteiger charge is 2.10. The molecule has 0 aromatic carbocycles. The highest BCUT2D eigenvalue weighted by molar-refractivity contribution is 5.82. The lowest BCUT2D eigenvalue weighted by Crippen LogP contribution is -1.93. The Bertz CT molecular complexity index is 377. The molecule has 0 heterocycles. The number of methoxy groups -OCH3 is 1. The summed E-state index contributed by atoms with van der Waals surface area (Å²) in [4.78, 5) is 11.0. The van der Waals surface area contributed by atoms with Crippen molar-refractivity contribution >= 4 is 5.97 Å². The molecule has 0 radical (unpaired) electrons. The van der Waals surface area contributed by atoms with Crippen molar-refractivity contribution < 1.29 is 9.53 Å². The van der Waals surface area contributed by atoms with Gasteiger partial charge in [0.25, 0.3) is 0 Å². The first kappa shape index (κ1) is 13.6. The van der Waals surface area contributed by atoms with Crippen LogP contribution < -0.4 is 0 Å². The van der Waals surface area contributed by atoms with Crippen molar-refractivity contribution in [1.82, 2.24) is 0 Å². The molecule has 0 aliphatic heterocycles. The highest BCUT2D eigenvalue weighted by Crippen LogP contribution is 2.26. The first-order valence-electron chi connectivity index (χ1n) is 6.24. The molecule has 0 bridgehead atoms. The van der Waals surface area contributed by atoms with E-state index in [2.05, 4.69) is 23.5 Å². The lowest BCUT2D eigenvalue weighted by atomic mass is 10.1. The minimum Gasteiger partial charge on any atom is -0.466 e. The number of hydrogen-bond acceptors (Lipinski definition) is 2. The fraction of sp³-hybridized carbons (Fsp3) is 0.533. The molecule has 1 rings (SSSR count). The van der Waals surface area contributed by atoms with E-state index in [1.807, 2.05) is 6.08 Å². The summed E-state index contributed by atoms with van der Waals surface area (Å²) in [5.74, 6) is 6.13. The number of unbranched alkanes of at least 4 members (excludes halogenated alkanes) is 2. The van der Waals surface area contributed by atoms with Crippen LogP contribution in [0.15, 0.2) is 23.3 Å². The summed E-state index contributed by atoms with van der Waals surface area (Å²) in [5.41, 5.74) is 2.39. The summed E-state index contributed by atoms with van der Waals surface area (Å²) in [6, 6.07) is 0. The summed E-state index contributed by atoms with van der Waals surface area (Å²) in [6.07, 6.45) is 9.84. The normalized spacial score (nSPS) is 14.9. The topological polar surface area (TPSA) is 26.3 Å². The fourth-order valence-electron chi connectivity index (χ4n) is 1.76. The fourth-order valence-corrected chi connectivity index (χ4v) is 1.76. The van der Waals surface area contributed by atoms with E-state index in [1.165, 1.54) is 30.8 Å². The second kappa shape index (κ2) is 7.73. The van der Waals surface area contributed by atoms with Gasteiger partial charge in [-0.05, 0) is 31.3 Å². The number of carbonyl (C=O) groups is 1. The first-order chi connectivity index (χ1) is 8.27. The van der Waals surface area contributed by atoms with Gasteiger partial charge in [0.15, 0.2) is 0 Å². The Morgan fingerprint density at radius 3 is 3.00 bits per heavy atom. The average molecular weight is 232 g/mol. The summed E-state index contributed by atoms with van der Waals surface area (Å²) in [5, 5.41) is 0. The second-order valence-electron chi connectivity index (χ2n) is 4.12. The number of carbonyl (C=O) groups excluding carboxylic acids is 1. The van der Waals surface area contributed by atoms with Gasteiger partial charge in [0.2, 0.25) is 0 Å². The van der Waals surface area contributed by atoms with Crippen molar-refractivity contribution in [2.45, 2.75) is 45.4 Å². The summed E-state index contributed by atoms with van der Waals surface area (Å²) >= 11 is 0. The molecule has 17 heavy (non-hydrogen) atoms. The van der Waals surface area contributed by atoms with Gasteiger partial charge in [-0.3, -0.25) is 0 Å². The van der Waals surface area contributed by atoms with Crippen LogP contribution in [-0.2, 0) is 9.53 Å². The van der Waals surface area contributed by atoms with Crippen molar-refractivity contribution in [3.8, 4) is 11.8 Å². The van der Waals surface area contributed by atoms with Gasteiger partial charge in [0.05, 0.1) is 7.11 Å². The quantitative estimate of drug-likeness (QED) is 0.321. The van der Waals surface area contributed by atoms with E-state index in [4.69, 9.17) is 0 Å². The predicted molar refractivity (Wildman–Crippen MR) is 69.3 cm³/mol. The molecule has 0 spiro atoms. The summed E-state index contributed by atoms with van der Waals surface area (Å²) in [6.45, 7) is 2.17. The van der Waals surface area contributed by atoms with E-state index in [9.17, 15) is 4.79 Å². The van der Waals surface area contributed by atoms with E-state index < -0.39 is 0 Å². The smallest absolute Gasteiger partial charge is 0.330 e. The molecule has 92 valence electrons. The third kappa shape index (κ3) is 4.91. The van der Waals surface area contributed by atoms with Gasteiger partial charge in [-0.2, -0.15) is 0 Å². The molecule has 0 unspecified atom stereocenters. The third-order valence-electron chi connectivity index (χ3n) is 2.78. The maximum absolute atomic E-state index is 11.0. The van der Waals surface area contributed by atoms with Crippen LogP contribution in [0.5, 0.6) is 0 Å². The zero-order valence-electron chi connectivity index (χ0n) is 10.7. The number of rotatable bonds is 4. The SMILES string of the molecule is CCCCC#CC1=C(/C=C/C(=O)OC)CCC1. The molecule has 1 aliphatic carbocycles. The second-order valence-corrected chi connectivity index (χ2v) is 4.12. The molecule has 0 saturated carbocycles. The van der Waals surface area contributed by atoms with Crippen molar-refractivity contribution in [3.63, 3.8) is 0 Å². The van der Waals surface area contributed by atoms with E-state index in [-0.39, 0.29) is 5.97 Å². The monoisotopic (exact) mass is 232 g/mol. The van der Waals surface area contributed by atoms with Gasteiger partial charge >= 0.3 is 5.97 Å². The molecule has 2 heteroatoms. The van der Waals surface area contributed by atoms with Gasteiger partial charge in [-0.25, -0.2) is 4.79 Å². The first-order valence-corrected chi connectivity index (χ1v) is 6.24. The Morgan fingerprint density at radius 2 is 2.29 bits per heavy atom. The van der Waals surface area contributed by atoms with Crippen LogP contribution in [0.2, 0.25) is 0 Å². The molecule has 0 aromatic rings. The molecule has 1 aliphatic rings. The summed E-state index contributed by atoms with van der Waals surface area (Å²) in [7, 11) is 1.39.